The van der Waals surface area contributed by atoms with Gasteiger partial charge in [-0.25, -0.2) is 0 Å². The van der Waals surface area contributed by atoms with Crippen LogP contribution in [0.1, 0.15) is 5.69 Å². The first kappa shape index (κ1) is 15.3. The summed E-state index contributed by atoms with van der Waals surface area (Å²) in [6.45, 7) is 1.31. The lowest BCUT2D eigenvalue weighted by molar-refractivity contribution is 0.106. The minimum Gasteiger partial charge on any atom is -0.497 e. The fourth-order valence-electron chi connectivity index (χ4n) is 1.85. The molecular formula is C15H21N3O3. The Bertz CT molecular complexity index is 539. The summed E-state index contributed by atoms with van der Waals surface area (Å²) in [5, 5.41) is 17.2. The molecule has 0 amide bonds. The first-order valence-corrected chi connectivity index (χ1v) is 6.81. The molecule has 1 unspecified atom stereocenters. The number of aliphatic hydroxyl groups excluding tert-OH is 1. The van der Waals surface area contributed by atoms with Crippen molar-refractivity contribution in [3.8, 4) is 11.5 Å². The first-order chi connectivity index (χ1) is 10.2. The molecule has 0 aliphatic rings. The smallest absolute Gasteiger partial charge is 0.119 e. The molecule has 0 fully saturated rings. The third kappa shape index (κ3) is 5.09. The predicted octanol–water partition coefficient (Wildman–Crippen LogP) is 0.958. The Morgan fingerprint density at radius 1 is 1.24 bits per heavy atom. The van der Waals surface area contributed by atoms with Crippen LogP contribution in [0.25, 0.3) is 0 Å². The van der Waals surface area contributed by atoms with Crippen molar-refractivity contribution in [2.75, 3.05) is 20.3 Å². The molecule has 1 heterocycles. The average molecular weight is 291 g/mol. The van der Waals surface area contributed by atoms with Gasteiger partial charge in [0.25, 0.3) is 0 Å². The number of ether oxygens (including phenoxy) is 2. The number of aromatic nitrogens is 2. The van der Waals surface area contributed by atoms with Crippen LogP contribution in [0.5, 0.6) is 11.5 Å². The zero-order valence-electron chi connectivity index (χ0n) is 12.3. The fraction of sp³-hybridized carbons (Fsp3) is 0.400. The molecule has 1 aromatic heterocycles. The van der Waals surface area contributed by atoms with E-state index in [1.54, 1.807) is 11.8 Å². The number of methoxy groups -OCH3 is 1. The lowest BCUT2D eigenvalue weighted by atomic mass is 10.3. The van der Waals surface area contributed by atoms with E-state index in [1.165, 1.54) is 0 Å². The Labute approximate surface area is 124 Å². The Hall–Kier alpha value is -2.05. The SMILES string of the molecule is COc1ccc(OCC(O)CNCc2ccn(C)n2)cc1. The second kappa shape index (κ2) is 7.66. The number of hydrogen-bond donors (Lipinski definition) is 2. The quantitative estimate of drug-likeness (QED) is 0.758. The van der Waals surface area contributed by atoms with Crippen LogP contribution in [0.2, 0.25) is 0 Å². The minimum atomic E-state index is -0.573. The molecule has 6 heteroatoms. The molecule has 0 aliphatic carbocycles. The van der Waals surface area contributed by atoms with Crippen molar-refractivity contribution >= 4 is 0 Å². The summed E-state index contributed by atoms with van der Waals surface area (Å²) in [6.07, 6.45) is 1.32. The lowest BCUT2D eigenvalue weighted by Crippen LogP contribution is -2.31. The van der Waals surface area contributed by atoms with Crippen molar-refractivity contribution in [3.05, 3.63) is 42.2 Å². The topological polar surface area (TPSA) is 68.5 Å². The van der Waals surface area contributed by atoms with Gasteiger partial charge >= 0.3 is 0 Å². The van der Waals surface area contributed by atoms with Crippen LogP contribution < -0.4 is 14.8 Å². The minimum absolute atomic E-state index is 0.238. The molecule has 0 bridgehead atoms. The summed E-state index contributed by atoms with van der Waals surface area (Å²) in [4.78, 5) is 0. The number of rotatable bonds is 8. The van der Waals surface area contributed by atoms with Crippen molar-refractivity contribution in [1.29, 1.82) is 0 Å². The maximum Gasteiger partial charge on any atom is 0.119 e. The molecule has 114 valence electrons. The van der Waals surface area contributed by atoms with Gasteiger partial charge in [-0.05, 0) is 30.3 Å². The molecule has 21 heavy (non-hydrogen) atoms. The monoisotopic (exact) mass is 291 g/mol. The summed E-state index contributed by atoms with van der Waals surface area (Å²) in [7, 11) is 3.49. The highest BCUT2D eigenvalue weighted by Crippen LogP contribution is 2.16. The summed E-state index contributed by atoms with van der Waals surface area (Å²) in [6, 6.07) is 9.20. The maximum absolute atomic E-state index is 9.86. The normalized spacial score (nSPS) is 12.1. The van der Waals surface area contributed by atoms with Gasteiger partial charge in [-0.3, -0.25) is 4.68 Å². The van der Waals surface area contributed by atoms with Crippen LogP contribution in [0.4, 0.5) is 0 Å². The molecule has 0 saturated heterocycles. The van der Waals surface area contributed by atoms with Crippen molar-refractivity contribution in [2.24, 2.45) is 7.05 Å². The Balaban J connectivity index is 1.65. The van der Waals surface area contributed by atoms with Gasteiger partial charge < -0.3 is 19.9 Å². The van der Waals surface area contributed by atoms with Crippen LogP contribution in [0.15, 0.2) is 36.5 Å². The highest BCUT2D eigenvalue weighted by molar-refractivity contribution is 5.31. The van der Waals surface area contributed by atoms with Crippen LogP contribution in [0, 0.1) is 0 Å². The van der Waals surface area contributed by atoms with E-state index in [0.29, 0.717) is 18.8 Å². The summed E-state index contributed by atoms with van der Waals surface area (Å²) < 4.78 is 12.3. The molecule has 0 aliphatic heterocycles. The number of benzene rings is 1. The molecule has 2 aromatic rings. The van der Waals surface area contributed by atoms with E-state index in [1.807, 2.05) is 43.6 Å². The number of aryl methyl sites for hydroxylation is 1. The largest absolute Gasteiger partial charge is 0.497 e. The van der Waals surface area contributed by atoms with Crippen LogP contribution in [-0.4, -0.2) is 41.3 Å². The molecule has 0 saturated carbocycles. The molecule has 1 aromatic carbocycles. The van der Waals surface area contributed by atoms with Crippen molar-refractivity contribution in [2.45, 2.75) is 12.6 Å². The highest BCUT2D eigenvalue weighted by atomic mass is 16.5. The molecule has 0 radical (unpaired) electrons. The van der Waals surface area contributed by atoms with Gasteiger partial charge in [0, 0.05) is 26.3 Å². The lowest BCUT2D eigenvalue weighted by Gasteiger charge is -2.13. The van der Waals surface area contributed by atoms with E-state index in [4.69, 9.17) is 9.47 Å². The predicted molar refractivity (Wildman–Crippen MR) is 79.4 cm³/mol. The second-order valence-electron chi connectivity index (χ2n) is 4.75. The second-order valence-corrected chi connectivity index (χ2v) is 4.75. The zero-order valence-corrected chi connectivity index (χ0v) is 12.3. The van der Waals surface area contributed by atoms with Gasteiger partial charge in [0.05, 0.1) is 12.8 Å². The molecule has 0 spiro atoms. The third-order valence-electron chi connectivity index (χ3n) is 2.96. The molecule has 1 atom stereocenters. The van der Waals surface area contributed by atoms with Crippen LogP contribution in [-0.2, 0) is 13.6 Å². The van der Waals surface area contributed by atoms with Gasteiger partial charge in [-0.2, -0.15) is 5.10 Å². The van der Waals surface area contributed by atoms with E-state index < -0.39 is 6.10 Å². The van der Waals surface area contributed by atoms with Crippen LogP contribution in [0.3, 0.4) is 0 Å². The molecule has 2 rings (SSSR count). The summed E-state index contributed by atoms with van der Waals surface area (Å²) in [5.74, 6) is 1.49. The summed E-state index contributed by atoms with van der Waals surface area (Å²) in [5.41, 5.74) is 0.945. The van der Waals surface area contributed by atoms with Gasteiger partial charge in [0.15, 0.2) is 0 Å². The van der Waals surface area contributed by atoms with Crippen molar-refractivity contribution in [3.63, 3.8) is 0 Å². The first-order valence-electron chi connectivity index (χ1n) is 6.81. The van der Waals surface area contributed by atoms with Crippen LogP contribution >= 0.6 is 0 Å². The zero-order chi connectivity index (χ0) is 15.1. The van der Waals surface area contributed by atoms with E-state index >= 15 is 0 Å². The molecule has 2 N–H and O–H groups in total. The number of aliphatic hydroxyl groups is 1. The van der Waals surface area contributed by atoms with Crippen molar-refractivity contribution < 1.29 is 14.6 Å². The highest BCUT2D eigenvalue weighted by Gasteiger charge is 2.06. The number of hydrogen-bond acceptors (Lipinski definition) is 5. The molecular weight excluding hydrogens is 270 g/mol. The van der Waals surface area contributed by atoms with E-state index in [9.17, 15) is 5.11 Å². The maximum atomic E-state index is 9.86. The Morgan fingerprint density at radius 2 is 1.95 bits per heavy atom. The number of nitrogens with zero attached hydrogens (tertiary/aromatic N) is 2. The van der Waals surface area contributed by atoms with Gasteiger partial charge in [0.2, 0.25) is 0 Å². The fourth-order valence-corrected chi connectivity index (χ4v) is 1.85. The van der Waals surface area contributed by atoms with Gasteiger partial charge in [-0.15, -0.1) is 0 Å². The number of nitrogens with one attached hydrogen (secondary N) is 1. The Kier molecular flexibility index (Phi) is 5.59. The standard InChI is InChI=1S/C15H21N3O3/c1-18-8-7-12(17-18)9-16-10-13(19)11-21-15-5-3-14(20-2)4-6-15/h3-8,13,16,19H,9-11H2,1-2H3. The van der Waals surface area contributed by atoms with E-state index in [2.05, 4.69) is 10.4 Å². The van der Waals surface area contributed by atoms with Crippen molar-refractivity contribution in [1.82, 2.24) is 15.1 Å². The van der Waals surface area contributed by atoms with E-state index in [0.717, 1.165) is 11.4 Å². The van der Waals surface area contributed by atoms with Gasteiger partial charge in [-0.1, -0.05) is 0 Å². The third-order valence-corrected chi connectivity index (χ3v) is 2.96. The molecule has 6 nitrogen and oxygen atoms in total. The van der Waals surface area contributed by atoms with E-state index in [-0.39, 0.29) is 6.61 Å². The average Bonchev–Trinajstić information content (AvgIpc) is 2.91. The van der Waals surface area contributed by atoms with Gasteiger partial charge in [0.1, 0.15) is 24.2 Å². The summed E-state index contributed by atoms with van der Waals surface area (Å²) >= 11 is 0. The Morgan fingerprint density at radius 3 is 2.57 bits per heavy atom.